The number of amides is 1. The summed E-state index contributed by atoms with van der Waals surface area (Å²) in [5.41, 5.74) is 0. The zero-order valence-corrected chi connectivity index (χ0v) is 12.3. The van der Waals surface area contributed by atoms with Gasteiger partial charge in [-0.3, -0.25) is 4.79 Å². The zero-order chi connectivity index (χ0) is 14.8. The number of nitrogens with one attached hydrogen (secondary N) is 2. The lowest BCUT2D eigenvalue weighted by atomic mass is 10.1. The van der Waals surface area contributed by atoms with Crippen LogP contribution < -0.4 is 10.0 Å². The first-order chi connectivity index (χ1) is 9.44. The van der Waals surface area contributed by atoms with Gasteiger partial charge < -0.3 is 10.2 Å². The molecule has 1 saturated heterocycles. The van der Waals surface area contributed by atoms with Crippen molar-refractivity contribution in [2.24, 2.45) is 0 Å². The lowest BCUT2D eigenvalue weighted by molar-refractivity contribution is -0.132. The van der Waals surface area contributed by atoms with Crippen molar-refractivity contribution in [3.63, 3.8) is 0 Å². The van der Waals surface area contributed by atoms with E-state index >= 15 is 0 Å². The number of pyridine rings is 1. The van der Waals surface area contributed by atoms with Crippen LogP contribution in [0.5, 0.6) is 0 Å². The Hall–Kier alpha value is -1.67. The van der Waals surface area contributed by atoms with E-state index in [1.165, 1.54) is 12.3 Å². The summed E-state index contributed by atoms with van der Waals surface area (Å²) in [5, 5.41) is 2.76. The summed E-state index contributed by atoms with van der Waals surface area (Å²) in [6, 6.07) is 2.80. The van der Waals surface area contributed by atoms with Gasteiger partial charge in [-0.2, -0.15) is 0 Å². The molecule has 20 heavy (non-hydrogen) atoms. The van der Waals surface area contributed by atoms with E-state index in [1.54, 1.807) is 25.1 Å². The summed E-state index contributed by atoms with van der Waals surface area (Å²) in [7, 11) is -0.365. The highest BCUT2D eigenvalue weighted by atomic mass is 32.2. The first kappa shape index (κ1) is 14.7. The molecule has 1 unspecified atom stereocenters. The quantitative estimate of drug-likeness (QED) is 0.818. The van der Waals surface area contributed by atoms with Gasteiger partial charge in [-0.05, 0) is 18.6 Å². The molecule has 0 spiro atoms. The second-order valence-corrected chi connectivity index (χ2v) is 6.41. The van der Waals surface area contributed by atoms with Gasteiger partial charge in [0.15, 0.2) is 0 Å². The van der Waals surface area contributed by atoms with Gasteiger partial charge in [0.25, 0.3) is 0 Å². The van der Waals surface area contributed by atoms with Gasteiger partial charge in [-0.15, -0.1) is 0 Å². The Labute approximate surface area is 118 Å². The van der Waals surface area contributed by atoms with Crippen LogP contribution in [0.4, 0.5) is 5.82 Å². The minimum absolute atomic E-state index is 0.0396. The molecular weight excluding hydrogens is 280 g/mol. The molecule has 1 fully saturated rings. The molecule has 1 atom stereocenters. The van der Waals surface area contributed by atoms with Crippen molar-refractivity contribution >= 4 is 21.7 Å². The third-order valence-corrected chi connectivity index (χ3v) is 4.80. The number of piperidine rings is 1. The summed E-state index contributed by atoms with van der Waals surface area (Å²) in [6.07, 6.45) is 2.39. The molecule has 1 amide bonds. The number of likely N-dealkylation sites (tertiary alicyclic amines) is 1. The van der Waals surface area contributed by atoms with Gasteiger partial charge in [0.05, 0.1) is 0 Å². The smallest absolute Gasteiger partial charge is 0.244 e. The highest BCUT2D eigenvalue weighted by molar-refractivity contribution is 7.89. The summed E-state index contributed by atoms with van der Waals surface area (Å²) < 4.78 is 27.4. The second kappa shape index (κ2) is 5.76. The van der Waals surface area contributed by atoms with E-state index in [0.717, 1.165) is 0 Å². The lowest BCUT2D eigenvalue weighted by Crippen LogP contribution is -2.48. The van der Waals surface area contributed by atoms with Crippen molar-refractivity contribution in [3.05, 3.63) is 18.3 Å². The van der Waals surface area contributed by atoms with Crippen LogP contribution in [0.15, 0.2) is 23.2 Å². The predicted molar refractivity (Wildman–Crippen MR) is 74.8 cm³/mol. The van der Waals surface area contributed by atoms with Crippen molar-refractivity contribution in [2.75, 3.05) is 26.0 Å². The van der Waals surface area contributed by atoms with Gasteiger partial charge in [0.1, 0.15) is 10.7 Å². The van der Waals surface area contributed by atoms with Gasteiger partial charge in [-0.1, -0.05) is 0 Å². The fourth-order valence-electron chi connectivity index (χ4n) is 2.19. The highest BCUT2D eigenvalue weighted by Crippen LogP contribution is 2.19. The molecule has 2 heterocycles. The van der Waals surface area contributed by atoms with Gasteiger partial charge >= 0.3 is 0 Å². The highest BCUT2D eigenvalue weighted by Gasteiger charge is 2.28. The van der Waals surface area contributed by atoms with Crippen LogP contribution in [0.3, 0.4) is 0 Å². The minimum atomic E-state index is -3.66. The average Bonchev–Trinajstić information content (AvgIpc) is 2.42. The summed E-state index contributed by atoms with van der Waals surface area (Å²) in [4.78, 5) is 17.0. The van der Waals surface area contributed by atoms with E-state index in [4.69, 9.17) is 0 Å². The molecule has 0 radical (unpaired) electrons. The van der Waals surface area contributed by atoms with Gasteiger partial charge in [-0.25, -0.2) is 18.1 Å². The maximum atomic E-state index is 12.4. The zero-order valence-electron chi connectivity index (χ0n) is 11.5. The first-order valence-electron chi connectivity index (χ1n) is 6.33. The minimum Gasteiger partial charge on any atom is -0.372 e. The van der Waals surface area contributed by atoms with Gasteiger partial charge in [0, 0.05) is 39.3 Å². The normalized spacial score (nSPS) is 20.0. The summed E-state index contributed by atoms with van der Waals surface area (Å²) in [6.45, 7) is 0.382. The van der Waals surface area contributed by atoms with E-state index in [2.05, 4.69) is 15.0 Å². The fourth-order valence-corrected chi connectivity index (χ4v) is 3.61. The van der Waals surface area contributed by atoms with Gasteiger partial charge in [0.2, 0.25) is 15.9 Å². The van der Waals surface area contributed by atoms with Crippen LogP contribution in [-0.4, -0.2) is 50.9 Å². The Morgan fingerprint density at radius 2 is 2.20 bits per heavy atom. The number of sulfonamides is 1. The number of aromatic nitrogens is 1. The molecule has 8 heteroatoms. The average molecular weight is 298 g/mol. The molecule has 1 aromatic rings. The van der Waals surface area contributed by atoms with E-state index in [-0.39, 0.29) is 16.8 Å². The molecule has 1 aromatic heterocycles. The van der Waals surface area contributed by atoms with E-state index in [0.29, 0.717) is 25.2 Å². The van der Waals surface area contributed by atoms with Crippen molar-refractivity contribution in [2.45, 2.75) is 23.8 Å². The molecule has 1 aliphatic rings. The van der Waals surface area contributed by atoms with Crippen LogP contribution in [-0.2, 0) is 14.8 Å². The Bertz CT molecular complexity index is 602. The molecule has 2 N–H and O–H groups in total. The first-order valence-corrected chi connectivity index (χ1v) is 7.81. The molecular formula is C12H18N4O3S. The maximum absolute atomic E-state index is 12.4. The Kier molecular flexibility index (Phi) is 4.24. The Morgan fingerprint density at radius 1 is 1.45 bits per heavy atom. The fraction of sp³-hybridized carbons (Fsp3) is 0.500. The van der Waals surface area contributed by atoms with E-state index in [9.17, 15) is 13.2 Å². The third-order valence-electron chi connectivity index (χ3n) is 3.25. The number of anilines is 1. The van der Waals surface area contributed by atoms with Crippen molar-refractivity contribution in [1.29, 1.82) is 0 Å². The number of likely N-dealkylation sites (N-methyl/N-ethyl adjacent to an activating group) is 1. The van der Waals surface area contributed by atoms with Crippen LogP contribution >= 0.6 is 0 Å². The molecule has 7 nitrogen and oxygen atoms in total. The van der Waals surface area contributed by atoms with Crippen LogP contribution in [0.1, 0.15) is 12.8 Å². The van der Waals surface area contributed by atoms with Crippen molar-refractivity contribution in [3.8, 4) is 0 Å². The number of hydrogen-bond acceptors (Lipinski definition) is 5. The molecule has 0 saturated carbocycles. The summed E-state index contributed by atoms with van der Waals surface area (Å²) in [5.74, 6) is 0.345. The topological polar surface area (TPSA) is 91.4 Å². The van der Waals surface area contributed by atoms with E-state index < -0.39 is 10.0 Å². The lowest BCUT2D eigenvalue weighted by Gasteiger charge is -2.30. The largest absolute Gasteiger partial charge is 0.372 e. The molecule has 110 valence electrons. The summed E-state index contributed by atoms with van der Waals surface area (Å²) >= 11 is 0. The molecule has 1 aliphatic heterocycles. The van der Waals surface area contributed by atoms with Crippen LogP contribution in [0.25, 0.3) is 0 Å². The standard InChI is InChI=1S/C12H18N4O3S/c1-13-12-10(4-3-7-14-12)20(18,19)15-9-5-6-11(17)16(2)8-9/h3-4,7,9,15H,5-6,8H2,1-2H3,(H,13,14). The number of nitrogens with zero attached hydrogens (tertiary/aromatic N) is 2. The number of carbonyl (C=O) groups excluding carboxylic acids is 1. The maximum Gasteiger partial charge on any atom is 0.244 e. The van der Waals surface area contributed by atoms with Crippen molar-refractivity contribution < 1.29 is 13.2 Å². The van der Waals surface area contributed by atoms with Crippen molar-refractivity contribution in [1.82, 2.24) is 14.6 Å². The monoisotopic (exact) mass is 298 g/mol. The SMILES string of the molecule is CNc1ncccc1S(=O)(=O)NC1CCC(=O)N(C)C1. The molecule has 0 aliphatic carbocycles. The van der Waals surface area contributed by atoms with E-state index in [1.807, 2.05) is 0 Å². The Balaban J connectivity index is 2.17. The van der Waals surface area contributed by atoms with Crippen LogP contribution in [0.2, 0.25) is 0 Å². The molecule has 0 bridgehead atoms. The van der Waals surface area contributed by atoms with Crippen LogP contribution in [0, 0.1) is 0 Å². The second-order valence-electron chi connectivity index (χ2n) is 4.73. The number of hydrogen-bond donors (Lipinski definition) is 2. The predicted octanol–water partition coefficient (Wildman–Crippen LogP) is 0.0224. The number of carbonyl (C=O) groups is 1. The Morgan fingerprint density at radius 3 is 2.85 bits per heavy atom. The molecule has 0 aromatic carbocycles. The molecule has 2 rings (SSSR count). The number of rotatable bonds is 4. The third kappa shape index (κ3) is 3.07.